The number of fused-ring (bicyclic) bond motifs is 1. The number of ether oxygens (including phenoxy) is 4. The molecule has 12 heteroatoms. The van der Waals surface area contributed by atoms with Gasteiger partial charge in [-0.15, -0.1) is 0 Å². The van der Waals surface area contributed by atoms with E-state index in [4.69, 9.17) is 23.4 Å². The molecule has 0 radical (unpaired) electrons. The fourth-order valence-corrected chi connectivity index (χ4v) is 6.73. The maximum atomic E-state index is 14.1. The Labute approximate surface area is 271 Å². The lowest BCUT2D eigenvalue weighted by atomic mass is 9.95. The minimum absolute atomic E-state index is 0.159. The third-order valence-electron chi connectivity index (χ3n) is 7.21. The Balaban J connectivity index is 1.64. The van der Waals surface area contributed by atoms with Gasteiger partial charge in [-0.3, -0.25) is 9.36 Å². The van der Waals surface area contributed by atoms with E-state index in [1.165, 1.54) is 23.0 Å². The quantitative estimate of drug-likeness (QED) is 0.216. The highest BCUT2D eigenvalue weighted by molar-refractivity contribution is 9.10. The van der Waals surface area contributed by atoms with Crippen molar-refractivity contribution in [1.82, 2.24) is 4.57 Å². The fourth-order valence-electron chi connectivity index (χ4n) is 5.16. The first-order chi connectivity index (χ1) is 21.6. The monoisotopic (exact) mass is 694 g/mol. The molecule has 0 saturated heterocycles. The lowest BCUT2D eigenvalue weighted by Gasteiger charge is -2.26. The summed E-state index contributed by atoms with van der Waals surface area (Å²) in [5.41, 5.74) is 3.01. The Morgan fingerprint density at radius 2 is 1.82 bits per heavy atom. The van der Waals surface area contributed by atoms with Gasteiger partial charge in [-0.1, -0.05) is 33.3 Å². The van der Waals surface area contributed by atoms with Crippen LogP contribution in [-0.4, -0.2) is 43.9 Å². The first-order valence-electron chi connectivity index (χ1n) is 14.1. The number of carbonyl (C=O) groups excluding carboxylic acids is 2. The number of hydrogen-bond donors (Lipinski definition) is 0. The second kappa shape index (κ2) is 13.3. The minimum atomic E-state index is -0.856. The molecule has 0 unspecified atom stereocenters. The van der Waals surface area contributed by atoms with Gasteiger partial charge in [0.15, 0.2) is 16.3 Å². The number of esters is 2. The fraction of sp³-hybridized carbons (Fsp3) is 0.273. The average Bonchev–Trinajstić information content (AvgIpc) is 3.60. The number of aromatic nitrogens is 1. The van der Waals surface area contributed by atoms with Gasteiger partial charge in [0.05, 0.1) is 54.8 Å². The van der Waals surface area contributed by atoms with E-state index in [1.807, 2.05) is 13.8 Å². The SMILES string of the molecule is CCOC(=O)C1=C(C)N=c2s/c(=C/c3ccc(-c4ccc(C(=O)OC)cc4C)o3)c(=O)n2[C@@H]1c1cc(OCC)c(OC)cc1Br. The van der Waals surface area contributed by atoms with Crippen LogP contribution in [0.4, 0.5) is 0 Å². The number of hydrogen-bond acceptors (Lipinski definition) is 10. The van der Waals surface area contributed by atoms with Crippen molar-refractivity contribution in [3.8, 4) is 22.8 Å². The molecule has 45 heavy (non-hydrogen) atoms. The zero-order chi connectivity index (χ0) is 32.4. The molecule has 10 nitrogen and oxygen atoms in total. The Morgan fingerprint density at radius 1 is 1.04 bits per heavy atom. The summed E-state index contributed by atoms with van der Waals surface area (Å²) in [6.07, 6.45) is 1.65. The van der Waals surface area contributed by atoms with Crippen LogP contribution in [0.25, 0.3) is 17.4 Å². The van der Waals surface area contributed by atoms with Crippen molar-refractivity contribution in [3.63, 3.8) is 0 Å². The topological polar surface area (TPSA) is 119 Å². The van der Waals surface area contributed by atoms with Crippen molar-refractivity contribution in [2.24, 2.45) is 4.99 Å². The Morgan fingerprint density at radius 3 is 2.49 bits per heavy atom. The van der Waals surface area contributed by atoms with Gasteiger partial charge >= 0.3 is 11.9 Å². The smallest absolute Gasteiger partial charge is 0.338 e. The Kier molecular flexibility index (Phi) is 9.45. The highest BCUT2D eigenvalue weighted by Gasteiger charge is 2.35. The van der Waals surface area contributed by atoms with E-state index in [9.17, 15) is 14.4 Å². The molecule has 3 heterocycles. The number of rotatable bonds is 9. The summed E-state index contributed by atoms with van der Waals surface area (Å²) < 4.78 is 30.2. The third kappa shape index (κ3) is 6.12. The summed E-state index contributed by atoms with van der Waals surface area (Å²) >= 11 is 4.82. The van der Waals surface area contributed by atoms with Crippen LogP contribution in [-0.2, 0) is 14.3 Å². The van der Waals surface area contributed by atoms with Crippen LogP contribution in [0, 0.1) is 6.92 Å². The molecule has 0 N–H and O–H groups in total. The zero-order valence-corrected chi connectivity index (χ0v) is 28.0. The van der Waals surface area contributed by atoms with Crippen LogP contribution in [0.5, 0.6) is 11.5 Å². The van der Waals surface area contributed by atoms with Gasteiger partial charge in [-0.05, 0) is 75.2 Å². The van der Waals surface area contributed by atoms with Crippen LogP contribution in [0.3, 0.4) is 0 Å². The maximum absolute atomic E-state index is 14.1. The number of methoxy groups -OCH3 is 2. The highest BCUT2D eigenvalue weighted by Crippen LogP contribution is 2.41. The summed E-state index contributed by atoms with van der Waals surface area (Å²) in [5, 5.41) is 0. The number of carbonyl (C=O) groups is 2. The van der Waals surface area contributed by atoms with Crippen molar-refractivity contribution in [2.75, 3.05) is 27.4 Å². The molecular formula is C33H31BrN2O8S. The first-order valence-corrected chi connectivity index (χ1v) is 15.7. The summed E-state index contributed by atoms with van der Waals surface area (Å²) in [6, 6.07) is 11.4. The van der Waals surface area contributed by atoms with E-state index < -0.39 is 18.0 Å². The highest BCUT2D eigenvalue weighted by atomic mass is 79.9. The second-order valence-corrected chi connectivity index (χ2v) is 11.8. The van der Waals surface area contributed by atoms with Gasteiger partial charge in [0.2, 0.25) is 0 Å². The van der Waals surface area contributed by atoms with E-state index in [-0.39, 0.29) is 17.7 Å². The molecule has 5 rings (SSSR count). The van der Waals surface area contributed by atoms with E-state index in [0.717, 1.165) is 11.1 Å². The van der Waals surface area contributed by atoms with Crippen LogP contribution in [0.15, 0.2) is 72.4 Å². The standard InChI is InChI=1S/C33H31BrN2O8S/c1-7-42-26-15-22(23(34)16-25(26)40-5)29-28(32(39)43-8-2)18(4)35-33-36(29)30(37)27(45-33)14-20-10-12-24(44-20)21-11-9-19(13-17(21)3)31(38)41-6/h9-16,29H,7-8H2,1-6H3/b27-14+/t29-/m1/s1. The summed E-state index contributed by atoms with van der Waals surface area (Å²) in [5.74, 6) is 1.01. The van der Waals surface area contributed by atoms with E-state index in [1.54, 1.807) is 69.5 Å². The molecule has 0 spiro atoms. The first kappa shape index (κ1) is 32.0. The van der Waals surface area contributed by atoms with Crippen LogP contribution >= 0.6 is 27.3 Å². The van der Waals surface area contributed by atoms with E-state index in [0.29, 0.717) is 60.3 Å². The molecule has 0 fully saturated rings. The summed E-state index contributed by atoms with van der Waals surface area (Å²) in [7, 11) is 2.88. The number of nitrogens with zero attached hydrogens (tertiary/aromatic N) is 2. The summed E-state index contributed by atoms with van der Waals surface area (Å²) in [6.45, 7) is 7.73. The van der Waals surface area contributed by atoms with Crippen molar-refractivity contribution in [2.45, 2.75) is 33.7 Å². The minimum Gasteiger partial charge on any atom is -0.493 e. The number of aryl methyl sites for hydroxylation is 1. The molecule has 1 aliphatic heterocycles. The van der Waals surface area contributed by atoms with Gasteiger partial charge in [-0.25, -0.2) is 14.6 Å². The molecule has 0 amide bonds. The van der Waals surface area contributed by atoms with Gasteiger partial charge in [-0.2, -0.15) is 0 Å². The maximum Gasteiger partial charge on any atom is 0.338 e. The number of thiazole rings is 1. The lowest BCUT2D eigenvalue weighted by molar-refractivity contribution is -0.139. The summed E-state index contributed by atoms with van der Waals surface area (Å²) in [4.78, 5) is 44.4. The van der Waals surface area contributed by atoms with Crippen molar-refractivity contribution in [1.29, 1.82) is 0 Å². The van der Waals surface area contributed by atoms with Crippen molar-refractivity contribution < 1.29 is 33.0 Å². The molecule has 0 aliphatic carbocycles. The zero-order valence-electron chi connectivity index (χ0n) is 25.6. The molecule has 234 valence electrons. The number of allylic oxidation sites excluding steroid dienone is 1. The van der Waals surface area contributed by atoms with Gasteiger partial charge in [0.25, 0.3) is 5.56 Å². The Hall–Kier alpha value is -4.42. The van der Waals surface area contributed by atoms with E-state index in [2.05, 4.69) is 20.9 Å². The van der Waals surface area contributed by atoms with Crippen LogP contribution in [0.2, 0.25) is 0 Å². The lowest BCUT2D eigenvalue weighted by Crippen LogP contribution is -2.40. The van der Waals surface area contributed by atoms with Gasteiger partial charge in [0.1, 0.15) is 11.5 Å². The molecule has 2 aromatic carbocycles. The van der Waals surface area contributed by atoms with E-state index >= 15 is 0 Å². The molecule has 1 aliphatic rings. The predicted octanol–water partition coefficient (Wildman–Crippen LogP) is 5.32. The van der Waals surface area contributed by atoms with Crippen LogP contribution < -0.4 is 24.4 Å². The Bertz CT molecular complexity index is 2020. The number of furan rings is 1. The molecule has 0 saturated carbocycles. The predicted molar refractivity (Wildman–Crippen MR) is 172 cm³/mol. The van der Waals surface area contributed by atoms with Gasteiger partial charge in [0, 0.05) is 16.1 Å². The number of benzene rings is 2. The third-order valence-corrected chi connectivity index (χ3v) is 8.88. The normalized spacial score (nSPS) is 14.6. The largest absolute Gasteiger partial charge is 0.493 e. The molecule has 4 aromatic rings. The van der Waals surface area contributed by atoms with Crippen molar-refractivity contribution in [3.05, 3.63) is 100 Å². The van der Waals surface area contributed by atoms with Crippen LogP contribution in [0.1, 0.15) is 54.1 Å². The molecular weight excluding hydrogens is 664 g/mol. The average molecular weight is 696 g/mol. The van der Waals surface area contributed by atoms with Crippen molar-refractivity contribution >= 4 is 45.3 Å². The second-order valence-electron chi connectivity index (χ2n) is 9.98. The van der Waals surface area contributed by atoms with Gasteiger partial charge < -0.3 is 23.4 Å². The molecule has 2 aromatic heterocycles. The molecule has 0 bridgehead atoms. The molecule has 1 atom stereocenters. The number of halogens is 1.